The lowest BCUT2D eigenvalue weighted by atomic mass is 9.98. The van der Waals surface area contributed by atoms with Gasteiger partial charge in [0.05, 0.1) is 12.1 Å². The molecule has 0 amide bonds. The van der Waals surface area contributed by atoms with Crippen molar-refractivity contribution in [2.45, 2.75) is 44.1 Å². The van der Waals surface area contributed by atoms with Gasteiger partial charge in [-0.3, -0.25) is 4.99 Å². The summed E-state index contributed by atoms with van der Waals surface area (Å²) in [5, 5.41) is 16.8. The van der Waals surface area contributed by atoms with Gasteiger partial charge in [-0.2, -0.15) is 0 Å². The Morgan fingerprint density at radius 3 is 2.41 bits per heavy atom. The Kier molecular flexibility index (Phi) is 9.01. The van der Waals surface area contributed by atoms with Gasteiger partial charge >= 0.3 is 0 Å². The fourth-order valence-electron chi connectivity index (χ4n) is 1.90. The van der Waals surface area contributed by atoms with Crippen molar-refractivity contribution < 1.29 is 5.11 Å². The summed E-state index contributed by atoms with van der Waals surface area (Å²) >= 11 is 1.82. The van der Waals surface area contributed by atoms with Crippen LogP contribution in [0.4, 0.5) is 0 Å². The van der Waals surface area contributed by atoms with Crippen LogP contribution in [0.3, 0.4) is 0 Å². The summed E-state index contributed by atoms with van der Waals surface area (Å²) < 4.78 is 0. The van der Waals surface area contributed by atoms with Crippen molar-refractivity contribution in [1.29, 1.82) is 0 Å². The molecule has 0 aliphatic heterocycles. The molecule has 1 aromatic carbocycles. The highest BCUT2D eigenvalue weighted by Crippen LogP contribution is 2.16. The summed E-state index contributed by atoms with van der Waals surface area (Å²) in [5.74, 6) is 1.75. The van der Waals surface area contributed by atoms with Crippen LogP contribution in [0.5, 0.6) is 0 Å². The molecule has 0 aliphatic rings. The van der Waals surface area contributed by atoms with E-state index < -0.39 is 5.60 Å². The Hall–Kier alpha value is -1.20. The molecule has 1 aromatic rings. The molecule has 0 radical (unpaired) electrons. The Labute approximate surface area is 138 Å². The van der Waals surface area contributed by atoms with Gasteiger partial charge in [-0.25, -0.2) is 0 Å². The van der Waals surface area contributed by atoms with Crippen molar-refractivity contribution in [2.75, 3.05) is 25.4 Å². The molecule has 0 bridgehead atoms. The predicted octanol–water partition coefficient (Wildman–Crippen LogP) is 2.88. The van der Waals surface area contributed by atoms with E-state index in [9.17, 15) is 5.11 Å². The second kappa shape index (κ2) is 10.5. The first-order valence-electron chi connectivity index (χ1n) is 8.06. The number of nitrogens with one attached hydrogen (secondary N) is 2. The standard InChI is InChI=1S/C17H29N3OS/c1-4-17(21,5-2)14-20-16(18-6-3)19-12-13-22-15-10-8-7-9-11-15/h7-11,21H,4-6,12-14H2,1-3H3,(H2,18,19,20). The molecule has 0 saturated carbocycles. The number of nitrogens with zero attached hydrogens (tertiary/aromatic N) is 1. The Balaban J connectivity index is 2.40. The molecule has 0 spiro atoms. The average Bonchev–Trinajstić information content (AvgIpc) is 2.57. The van der Waals surface area contributed by atoms with E-state index in [2.05, 4.69) is 39.9 Å². The first kappa shape index (κ1) is 18.8. The van der Waals surface area contributed by atoms with Gasteiger partial charge in [0.2, 0.25) is 0 Å². The minimum atomic E-state index is -0.693. The van der Waals surface area contributed by atoms with Crippen LogP contribution in [0.15, 0.2) is 40.2 Å². The van der Waals surface area contributed by atoms with Crippen LogP contribution in [-0.2, 0) is 0 Å². The number of thioether (sulfide) groups is 1. The van der Waals surface area contributed by atoms with Crippen LogP contribution in [0.1, 0.15) is 33.6 Å². The van der Waals surface area contributed by atoms with Gasteiger partial charge in [0.1, 0.15) is 0 Å². The third kappa shape index (κ3) is 7.18. The lowest BCUT2D eigenvalue weighted by Crippen LogP contribution is -2.40. The van der Waals surface area contributed by atoms with Crippen molar-refractivity contribution in [3.05, 3.63) is 30.3 Å². The monoisotopic (exact) mass is 323 g/mol. The number of benzene rings is 1. The number of aliphatic imine (C=N–C) groups is 1. The first-order chi connectivity index (χ1) is 10.6. The van der Waals surface area contributed by atoms with E-state index in [1.165, 1.54) is 4.90 Å². The number of rotatable bonds is 9. The van der Waals surface area contributed by atoms with Crippen LogP contribution < -0.4 is 10.6 Å². The molecule has 4 nitrogen and oxygen atoms in total. The molecule has 5 heteroatoms. The fourth-order valence-corrected chi connectivity index (χ4v) is 2.69. The highest BCUT2D eigenvalue weighted by molar-refractivity contribution is 7.99. The molecule has 3 N–H and O–H groups in total. The maximum atomic E-state index is 10.3. The zero-order chi connectivity index (χ0) is 16.3. The quantitative estimate of drug-likeness (QED) is 0.283. The fraction of sp³-hybridized carbons (Fsp3) is 0.588. The minimum absolute atomic E-state index is 0.432. The predicted molar refractivity (Wildman–Crippen MR) is 96.7 cm³/mol. The summed E-state index contributed by atoms with van der Waals surface area (Å²) in [4.78, 5) is 5.78. The molecule has 0 aromatic heterocycles. The second-order valence-corrected chi connectivity index (χ2v) is 6.38. The summed E-state index contributed by atoms with van der Waals surface area (Å²) in [6, 6.07) is 10.4. The number of hydrogen-bond donors (Lipinski definition) is 3. The lowest BCUT2D eigenvalue weighted by Gasteiger charge is -2.23. The number of guanidine groups is 1. The normalized spacial score (nSPS) is 12.3. The summed E-state index contributed by atoms with van der Waals surface area (Å²) in [6.45, 7) is 8.12. The van der Waals surface area contributed by atoms with E-state index in [-0.39, 0.29) is 0 Å². The van der Waals surface area contributed by atoms with Crippen LogP contribution in [0, 0.1) is 0 Å². The molecule has 1 rings (SSSR count). The second-order valence-electron chi connectivity index (χ2n) is 5.21. The first-order valence-corrected chi connectivity index (χ1v) is 9.04. The molecule has 0 fully saturated rings. The zero-order valence-corrected chi connectivity index (χ0v) is 14.7. The van der Waals surface area contributed by atoms with E-state index in [1.54, 1.807) is 0 Å². The van der Waals surface area contributed by atoms with Crippen LogP contribution in [0.25, 0.3) is 0 Å². The highest BCUT2D eigenvalue weighted by Gasteiger charge is 2.21. The minimum Gasteiger partial charge on any atom is -0.388 e. The molecule has 124 valence electrons. The molecule has 0 heterocycles. The van der Waals surface area contributed by atoms with Gasteiger partial charge in [-0.15, -0.1) is 11.8 Å². The highest BCUT2D eigenvalue weighted by atomic mass is 32.2. The average molecular weight is 324 g/mol. The third-order valence-electron chi connectivity index (χ3n) is 3.60. The smallest absolute Gasteiger partial charge is 0.191 e. The van der Waals surface area contributed by atoms with Crippen LogP contribution in [-0.4, -0.2) is 42.1 Å². The Morgan fingerprint density at radius 1 is 1.14 bits per heavy atom. The van der Waals surface area contributed by atoms with E-state index in [4.69, 9.17) is 0 Å². The van der Waals surface area contributed by atoms with Gasteiger partial charge in [-0.05, 0) is 31.9 Å². The molecule has 0 atom stereocenters. The number of hydrogen-bond acceptors (Lipinski definition) is 3. The maximum Gasteiger partial charge on any atom is 0.191 e. The van der Waals surface area contributed by atoms with Gasteiger partial charge in [0.15, 0.2) is 5.96 Å². The molecule has 0 saturated heterocycles. The zero-order valence-electron chi connectivity index (χ0n) is 13.9. The van der Waals surface area contributed by atoms with Gasteiger partial charge in [-0.1, -0.05) is 32.0 Å². The summed E-state index contributed by atoms with van der Waals surface area (Å²) in [5.41, 5.74) is -0.693. The van der Waals surface area contributed by atoms with Crippen LogP contribution >= 0.6 is 11.8 Å². The van der Waals surface area contributed by atoms with Crippen LogP contribution in [0.2, 0.25) is 0 Å². The van der Waals surface area contributed by atoms with E-state index >= 15 is 0 Å². The molecule has 0 aliphatic carbocycles. The maximum absolute atomic E-state index is 10.3. The Bertz CT molecular complexity index is 433. The van der Waals surface area contributed by atoms with Crippen molar-refractivity contribution in [3.63, 3.8) is 0 Å². The number of aliphatic hydroxyl groups is 1. The lowest BCUT2D eigenvalue weighted by molar-refractivity contribution is 0.0418. The third-order valence-corrected chi connectivity index (χ3v) is 4.61. The van der Waals surface area contributed by atoms with Gasteiger partial charge in [0.25, 0.3) is 0 Å². The molecular formula is C17H29N3OS. The van der Waals surface area contributed by atoms with E-state index in [1.807, 2.05) is 38.6 Å². The van der Waals surface area contributed by atoms with E-state index in [0.29, 0.717) is 6.54 Å². The van der Waals surface area contributed by atoms with Crippen molar-refractivity contribution in [1.82, 2.24) is 10.6 Å². The largest absolute Gasteiger partial charge is 0.388 e. The SMILES string of the molecule is CCNC(=NCC(O)(CC)CC)NCCSc1ccccc1. The van der Waals surface area contributed by atoms with E-state index in [0.717, 1.165) is 37.6 Å². The van der Waals surface area contributed by atoms with Crippen molar-refractivity contribution >= 4 is 17.7 Å². The molecule has 22 heavy (non-hydrogen) atoms. The van der Waals surface area contributed by atoms with Gasteiger partial charge < -0.3 is 15.7 Å². The van der Waals surface area contributed by atoms with Crippen molar-refractivity contribution in [2.24, 2.45) is 4.99 Å². The molecule has 0 unspecified atom stereocenters. The topological polar surface area (TPSA) is 56.7 Å². The summed E-state index contributed by atoms with van der Waals surface area (Å²) in [6.07, 6.45) is 1.44. The summed E-state index contributed by atoms with van der Waals surface area (Å²) in [7, 11) is 0. The van der Waals surface area contributed by atoms with Crippen molar-refractivity contribution in [3.8, 4) is 0 Å². The molecular weight excluding hydrogens is 294 g/mol. The van der Waals surface area contributed by atoms with Gasteiger partial charge in [0, 0.05) is 23.7 Å². The Morgan fingerprint density at radius 2 is 1.82 bits per heavy atom.